The smallest absolute Gasteiger partial charge is 0.338 e. The quantitative estimate of drug-likeness (QED) is 0.471. The minimum absolute atomic E-state index is 0. The van der Waals surface area contributed by atoms with Gasteiger partial charge in [0.05, 0.1) is 17.1 Å². The highest BCUT2D eigenvalue weighted by atomic mass is 16.6. The molecular formula is C9H13N2O4+. The van der Waals surface area contributed by atoms with Gasteiger partial charge >= 0.3 is 5.97 Å². The first-order valence-corrected chi connectivity index (χ1v) is 4.06. The molecule has 15 heavy (non-hydrogen) atoms. The van der Waals surface area contributed by atoms with Crippen molar-refractivity contribution in [2.24, 2.45) is 0 Å². The molecule has 0 aliphatic heterocycles. The SMILES string of the molecule is CCOC(=O)c1cccc([N+](=O)[O-])c1.[NH4+]. The molecule has 0 spiro atoms. The largest absolute Gasteiger partial charge is 0.462 e. The molecule has 0 unspecified atom stereocenters. The predicted molar refractivity (Wildman–Crippen MR) is 55.0 cm³/mol. The Morgan fingerprint density at radius 3 is 2.73 bits per heavy atom. The highest BCUT2D eigenvalue weighted by Gasteiger charge is 2.11. The summed E-state index contributed by atoms with van der Waals surface area (Å²) in [7, 11) is 0. The zero-order valence-corrected chi connectivity index (χ0v) is 8.60. The molecule has 4 N–H and O–H groups in total. The molecule has 0 aromatic heterocycles. The fraction of sp³-hybridized carbons (Fsp3) is 0.222. The number of ether oxygens (including phenoxy) is 1. The molecule has 1 aromatic rings. The first-order valence-electron chi connectivity index (χ1n) is 4.06. The van der Waals surface area contributed by atoms with Crippen LogP contribution in [0.1, 0.15) is 17.3 Å². The Hall–Kier alpha value is -1.95. The summed E-state index contributed by atoms with van der Waals surface area (Å²) in [6.45, 7) is 1.93. The number of benzene rings is 1. The van der Waals surface area contributed by atoms with Crippen LogP contribution in [0.3, 0.4) is 0 Å². The standard InChI is InChI=1S/C9H9NO4.H3N/c1-2-14-9(11)7-4-3-5-8(6-7)10(12)13;/h3-6H,2H2,1H3;1H3/p+1. The van der Waals surface area contributed by atoms with Crippen LogP contribution in [0.25, 0.3) is 0 Å². The van der Waals surface area contributed by atoms with E-state index < -0.39 is 10.9 Å². The van der Waals surface area contributed by atoms with Gasteiger partial charge in [-0.2, -0.15) is 0 Å². The van der Waals surface area contributed by atoms with Gasteiger partial charge in [-0.05, 0) is 13.0 Å². The van der Waals surface area contributed by atoms with E-state index in [9.17, 15) is 14.9 Å². The number of carbonyl (C=O) groups excluding carboxylic acids is 1. The van der Waals surface area contributed by atoms with E-state index in [2.05, 4.69) is 0 Å². The van der Waals surface area contributed by atoms with Crippen molar-refractivity contribution >= 4 is 11.7 Å². The molecule has 0 saturated carbocycles. The Morgan fingerprint density at radius 2 is 2.20 bits per heavy atom. The summed E-state index contributed by atoms with van der Waals surface area (Å²) < 4.78 is 4.70. The van der Waals surface area contributed by atoms with E-state index in [1.165, 1.54) is 24.3 Å². The summed E-state index contributed by atoms with van der Waals surface area (Å²) in [6, 6.07) is 5.44. The molecule has 6 nitrogen and oxygen atoms in total. The Kier molecular flexibility index (Phi) is 4.97. The van der Waals surface area contributed by atoms with Crippen molar-refractivity contribution in [2.75, 3.05) is 6.61 Å². The molecule has 6 heteroatoms. The molecule has 0 aliphatic carbocycles. The summed E-state index contributed by atoms with van der Waals surface area (Å²) >= 11 is 0. The van der Waals surface area contributed by atoms with E-state index in [1.54, 1.807) is 6.92 Å². The van der Waals surface area contributed by atoms with Crippen LogP contribution in [0, 0.1) is 10.1 Å². The van der Waals surface area contributed by atoms with Gasteiger partial charge in [-0.15, -0.1) is 0 Å². The number of esters is 1. The first kappa shape index (κ1) is 13.1. The van der Waals surface area contributed by atoms with Gasteiger partial charge in [0, 0.05) is 12.1 Å². The van der Waals surface area contributed by atoms with Crippen molar-refractivity contribution < 1.29 is 14.5 Å². The minimum Gasteiger partial charge on any atom is -0.462 e. The lowest BCUT2D eigenvalue weighted by Gasteiger charge is -2.00. The number of rotatable bonds is 3. The number of nitro benzene ring substituents is 1. The van der Waals surface area contributed by atoms with Crippen LogP contribution in [0.5, 0.6) is 0 Å². The van der Waals surface area contributed by atoms with Crippen LogP contribution in [0.2, 0.25) is 0 Å². The molecule has 0 amide bonds. The molecule has 1 aromatic carbocycles. The number of hydrogen-bond donors (Lipinski definition) is 1. The first-order chi connectivity index (χ1) is 6.65. The molecule has 0 radical (unpaired) electrons. The lowest BCUT2D eigenvalue weighted by molar-refractivity contribution is -0.384. The van der Waals surface area contributed by atoms with Gasteiger partial charge in [0.25, 0.3) is 5.69 Å². The second-order valence-corrected chi connectivity index (χ2v) is 2.53. The maximum Gasteiger partial charge on any atom is 0.338 e. The van der Waals surface area contributed by atoms with Gasteiger partial charge < -0.3 is 10.9 Å². The third-order valence-electron chi connectivity index (χ3n) is 1.57. The molecular weight excluding hydrogens is 200 g/mol. The van der Waals surface area contributed by atoms with Gasteiger partial charge in [-0.1, -0.05) is 6.07 Å². The Bertz CT molecular complexity index is 365. The fourth-order valence-corrected chi connectivity index (χ4v) is 0.961. The number of nitro groups is 1. The van der Waals surface area contributed by atoms with E-state index in [0.29, 0.717) is 0 Å². The third-order valence-corrected chi connectivity index (χ3v) is 1.57. The van der Waals surface area contributed by atoms with Crippen LogP contribution in [-0.2, 0) is 4.74 Å². The monoisotopic (exact) mass is 213 g/mol. The highest BCUT2D eigenvalue weighted by molar-refractivity contribution is 5.90. The number of nitrogens with zero attached hydrogens (tertiary/aromatic N) is 1. The van der Waals surface area contributed by atoms with Crippen molar-refractivity contribution in [1.29, 1.82) is 0 Å². The van der Waals surface area contributed by atoms with Crippen molar-refractivity contribution in [3.05, 3.63) is 39.9 Å². The lowest BCUT2D eigenvalue weighted by atomic mass is 10.2. The van der Waals surface area contributed by atoms with Crippen LogP contribution < -0.4 is 6.15 Å². The number of quaternary nitrogens is 1. The van der Waals surface area contributed by atoms with Gasteiger partial charge in [0.15, 0.2) is 0 Å². The molecule has 0 aliphatic rings. The third kappa shape index (κ3) is 3.35. The zero-order chi connectivity index (χ0) is 10.6. The van der Waals surface area contributed by atoms with E-state index in [4.69, 9.17) is 4.74 Å². The highest BCUT2D eigenvalue weighted by Crippen LogP contribution is 2.13. The molecule has 0 saturated heterocycles. The maximum atomic E-state index is 11.2. The van der Waals surface area contributed by atoms with Gasteiger partial charge in [0.2, 0.25) is 0 Å². The summed E-state index contributed by atoms with van der Waals surface area (Å²) in [4.78, 5) is 21.0. The molecule has 0 heterocycles. The van der Waals surface area contributed by atoms with Crippen molar-refractivity contribution in [3.8, 4) is 0 Å². The number of non-ortho nitro benzene ring substituents is 1. The summed E-state index contributed by atoms with van der Waals surface area (Å²) in [6.07, 6.45) is 0. The summed E-state index contributed by atoms with van der Waals surface area (Å²) in [5.41, 5.74) is 0.0802. The predicted octanol–water partition coefficient (Wildman–Crippen LogP) is 2.15. The topological polar surface area (TPSA) is 106 Å². The van der Waals surface area contributed by atoms with Crippen LogP contribution in [0.15, 0.2) is 24.3 Å². The zero-order valence-electron chi connectivity index (χ0n) is 8.60. The second kappa shape index (κ2) is 5.71. The summed E-state index contributed by atoms with van der Waals surface area (Å²) in [5, 5.41) is 10.4. The molecule has 0 fully saturated rings. The van der Waals surface area contributed by atoms with E-state index in [1.807, 2.05) is 0 Å². The number of carbonyl (C=O) groups is 1. The minimum atomic E-state index is -0.553. The fourth-order valence-electron chi connectivity index (χ4n) is 0.961. The number of hydrogen-bond acceptors (Lipinski definition) is 4. The van der Waals surface area contributed by atoms with Crippen LogP contribution >= 0.6 is 0 Å². The van der Waals surface area contributed by atoms with Crippen molar-refractivity contribution in [3.63, 3.8) is 0 Å². The normalized spacial score (nSPS) is 8.87. The Morgan fingerprint density at radius 1 is 1.53 bits per heavy atom. The lowest BCUT2D eigenvalue weighted by Crippen LogP contribution is -2.04. The van der Waals surface area contributed by atoms with Gasteiger partial charge in [0.1, 0.15) is 0 Å². The maximum absolute atomic E-state index is 11.2. The van der Waals surface area contributed by atoms with E-state index in [0.717, 1.165) is 0 Å². The van der Waals surface area contributed by atoms with E-state index in [-0.39, 0.29) is 24.0 Å². The molecule has 0 bridgehead atoms. The Balaban J connectivity index is 0.00000196. The van der Waals surface area contributed by atoms with Gasteiger partial charge in [-0.3, -0.25) is 10.1 Å². The average molecular weight is 213 g/mol. The average Bonchev–Trinajstić information content (AvgIpc) is 2.18. The molecule has 82 valence electrons. The molecule has 0 atom stereocenters. The molecule has 1 rings (SSSR count). The summed E-state index contributed by atoms with van der Waals surface area (Å²) in [5.74, 6) is -0.545. The van der Waals surface area contributed by atoms with Crippen molar-refractivity contribution in [2.45, 2.75) is 6.92 Å². The Labute approximate surface area is 86.6 Å². The van der Waals surface area contributed by atoms with Crippen LogP contribution in [-0.4, -0.2) is 17.5 Å². The van der Waals surface area contributed by atoms with Crippen molar-refractivity contribution in [1.82, 2.24) is 6.15 Å². The van der Waals surface area contributed by atoms with Gasteiger partial charge in [-0.25, -0.2) is 4.79 Å². The second-order valence-electron chi connectivity index (χ2n) is 2.53. The van der Waals surface area contributed by atoms with E-state index >= 15 is 0 Å². The van der Waals surface area contributed by atoms with Crippen LogP contribution in [0.4, 0.5) is 5.69 Å².